The van der Waals surface area contributed by atoms with Crippen LogP contribution in [0.1, 0.15) is 5.56 Å². The van der Waals surface area contributed by atoms with Crippen molar-refractivity contribution in [3.8, 4) is 17.3 Å². The van der Waals surface area contributed by atoms with Gasteiger partial charge in [0.1, 0.15) is 0 Å². The number of nitrogens with one attached hydrogen (secondary N) is 1. The molecule has 2 N–H and O–H groups in total. The van der Waals surface area contributed by atoms with E-state index in [9.17, 15) is 9.90 Å². The SMILES string of the molecule is N#Cc1ccc(-c2cn3c(=O)c4nc(Br)n(CCO)c4nc3[nH]2)cc1. The molecule has 3 heterocycles. The lowest BCUT2D eigenvalue weighted by Gasteiger charge is -2.01. The fraction of sp³-hybridized carbons (Fsp3) is 0.125. The van der Waals surface area contributed by atoms with Crippen molar-refractivity contribution in [2.75, 3.05) is 6.61 Å². The van der Waals surface area contributed by atoms with Gasteiger partial charge in [0.2, 0.25) is 5.78 Å². The number of nitriles is 1. The fourth-order valence-electron chi connectivity index (χ4n) is 2.70. The van der Waals surface area contributed by atoms with Gasteiger partial charge in [-0.05, 0) is 33.6 Å². The molecule has 0 aliphatic rings. The molecule has 0 spiro atoms. The molecule has 3 aromatic heterocycles. The number of H-pyrrole nitrogens is 1. The summed E-state index contributed by atoms with van der Waals surface area (Å²) in [6.45, 7) is 0.190. The fourth-order valence-corrected chi connectivity index (χ4v) is 3.22. The molecule has 4 aromatic rings. The van der Waals surface area contributed by atoms with Gasteiger partial charge in [-0.25, -0.2) is 9.38 Å². The zero-order valence-electron chi connectivity index (χ0n) is 12.8. The van der Waals surface area contributed by atoms with Crippen molar-refractivity contribution in [2.45, 2.75) is 6.54 Å². The first-order valence-electron chi connectivity index (χ1n) is 7.41. The zero-order chi connectivity index (χ0) is 17.6. The van der Waals surface area contributed by atoms with Crippen LogP contribution in [0.5, 0.6) is 0 Å². The van der Waals surface area contributed by atoms with Crippen molar-refractivity contribution in [2.24, 2.45) is 0 Å². The number of aliphatic hydroxyl groups excluding tert-OH is 1. The summed E-state index contributed by atoms with van der Waals surface area (Å²) in [4.78, 5) is 24.5. The first-order valence-corrected chi connectivity index (χ1v) is 8.20. The summed E-state index contributed by atoms with van der Waals surface area (Å²) in [5.41, 5.74) is 2.43. The van der Waals surface area contributed by atoms with Crippen LogP contribution >= 0.6 is 15.9 Å². The summed E-state index contributed by atoms with van der Waals surface area (Å²) in [5, 5.41) is 18.1. The highest BCUT2D eigenvalue weighted by molar-refractivity contribution is 9.10. The number of halogens is 1. The molecule has 0 aliphatic carbocycles. The average Bonchev–Trinajstić information content (AvgIpc) is 3.19. The molecule has 25 heavy (non-hydrogen) atoms. The summed E-state index contributed by atoms with van der Waals surface area (Å²) >= 11 is 3.29. The minimum atomic E-state index is -0.298. The van der Waals surface area contributed by atoms with Crippen molar-refractivity contribution in [1.29, 1.82) is 5.26 Å². The Kier molecular flexibility index (Phi) is 3.63. The van der Waals surface area contributed by atoms with Crippen LogP contribution in [0.4, 0.5) is 0 Å². The number of rotatable bonds is 3. The average molecular weight is 399 g/mol. The maximum Gasteiger partial charge on any atom is 0.287 e. The third-order valence-electron chi connectivity index (χ3n) is 3.91. The van der Waals surface area contributed by atoms with Crippen molar-refractivity contribution >= 4 is 32.9 Å². The predicted octanol–water partition coefficient (Wildman–Crippen LogP) is 1.67. The van der Waals surface area contributed by atoms with E-state index in [1.54, 1.807) is 35.0 Å². The normalized spacial score (nSPS) is 11.2. The number of aromatic amines is 1. The van der Waals surface area contributed by atoms with Gasteiger partial charge in [0, 0.05) is 12.7 Å². The van der Waals surface area contributed by atoms with Gasteiger partial charge < -0.3 is 14.7 Å². The maximum atomic E-state index is 12.7. The second kappa shape index (κ2) is 5.84. The summed E-state index contributed by atoms with van der Waals surface area (Å²) < 4.78 is 3.49. The highest BCUT2D eigenvalue weighted by atomic mass is 79.9. The molecule has 0 radical (unpaired) electrons. The van der Waals surface area contributed by atoms with E-state index in [2.05, 4.69) is 37.0 Å². The first kappa shape index (κ1) is 15.6. The van der Waals surface area contributed by atoms with Gasteiger partial charge in [-0.3, -0.25) is 4.79 Å². The summed E-state index contributed by atoms with van der Waals surface area (Å²) in [6.07, 6.45) is 1.66. The lowest BCUT2D eigenvalue weighted by Crippen LogP contribution is -2.14. The van der Waals surface area contributed by atoms with Gasteiger partial charge in [0.05, 0.1) is 23.9 Å². The van der Waals surface area contributed by atoms with Crippen LogP contribution in [0.2, 0.25) is 0 Å². The topological polar surface area (TPSA) is 112 Å². The molecule has 8 nitrogen and oxygen atoms in total. The molecule has 124 valence electrons. The van der Waals surface area contributed by atoms with Crippen molar-refractivity contribution < 1.29 is 5.11 Å². The highest BCUT2D eigenvalue weighted by Crippen LogP contribution is 2.21. The van der Waals surface area contributed by atoms with E-state index in [0.717, 1.165) is 5.56 Å². The quantitative estimate of drug-likeness (QED) is 0.509. The van der Waals surface area contributed by atoms with E-state index in [4.69, 9.17) is 5.26 Å². The van der Waals surface area contributed by atoms with Crippen molar-refractivity contribution in [1.82, 2.24) is 23.9 Å². The third kappa shape index (κ3) is 2.43. The number of hydrogen-bond acceptors (Lipinski definition) is 5. The Hall–Kier alpha value is -2.96. The molecular formula is C16H11BrN6O2. The minimum Gasteiger partial charge on any atom is -0.395 e. The van der Waals surface area contributed by atoms with E-state index < -0.39 is 0 Å². The van der Waals surface area contributed by atoms with Crippen LogP contribution in [0.3, 0.4) is 0 Å². The Morgan fingerprint density at radius 1 is 1.28 bits per heavy atom. The number of aromatic nitrogens is 5. The number of fused-ring (bicyclic) bond motifs is 2. The molecule has 0 fully saturated rings. The Labute approximate surface area is 149 Å². The first-order chi connectivity index (χ1) is 12.1. The molecular weight excluding hydrogens is 388 g/mol. The molecule has 0 aliphatic heterocycles. The largest absolute Gasteiger partial charge is 0.395 e. The van der Waals surface area contributed by atoms with Crippen LogP contribution < -0.4 is 5.56 Å². The number of hydrogen-bond donors (Lipinski definition) is 2. The van der Waals surface area contributed by atoms with Gasteiger partial charge in [-0.1, -0.05) is 12.1 Å². The lowest BCUT2D eigenvalue weighted by atomic mass is 10.1. The number of nitrogens with zero attached hydrogens (tertiary/aromatic N) is 5. The standard InChI is InChI=1S/C16H11BrN6O2/c17-15-20-12-13(22(15)5-6-24)21-16-19-11(8-23(16)14(12)25)10-3-1-9(7-18)2-4-10/h1-4,8,24H,5-6H2,(H,19,21). The third-order valence-corrected chi connectivity index (χ3v) is 4.51. The van der Waals surface area contributed by atoms with Crippen LogP contribution in [-0.2, 0) is 6.54 Å². The molecule has 0 amide bonds. The number of imidazole rings is 2. The van der Waals surface area contributed by atoms with Gasteiger partial charge in [0.25, 0.3) is 5.56 Å². The van der Waals surface area contributed by atoms with Gasteiger partial charge in [-0.2, -0.15) is 10.2 Å². The molecule has 4 rings (SSSR count). The van der Waals surface area contributed by atoms with Crippen molar-refractivity contribution in [3.63, 3.8) is 0 Å². The van der Waals surface area contributed by atoms with E-state index >= 15 is 0 Å². The molecule has 0 bridgehead atoms. The van der Waals surface area contributed by atoms with Gasteiger partial charge in [-0.15, -0.1) is 0 Å². The zero-order valence-corrected chi connectivity index (χ0v) is 14.4. The highest BCUT2D eigenvalue weighted by Gasteiger charge is 2.16. The second-order valence-corrected chi connectivity index (χ2v) is 6.11. The van der Waals surface area contributed by atoms with Crippen LogP contribution in [0.25, 0.3) is 28.2 Å². The Morgan fingerprint density at radius 2 is 2.04 bits per heavy atom. The van der Waals surface area contributed by atoms with Crippen LogP contribution in [0.15, 0.2) is 40.0 Å². The van der Waals surface area contributed by atoms with Crippen LogP contribution in [-0.4, -0.2) is 35.6 Å². The van der Waals surface area contributed by atoms with Crippen LogP contribution in [0, 0.1) is 11.3 Å². The van der Waals surface area contributed by atoms with E-state index in [1.165, 1.54) is 4.40 Å². The number of aliphatic hydroxyl groups is 1. The Balaban J connectivity index is 1.93. The van der Waals surface area contributed by atoms with Gasteiger partial charge in [0.15, 0.2) is 15.9 Å². The Bertz CT molecular complexity index is 1200. The Morgan fingerprint density at radius 3 is 2.72 bits per heavy atom. The summed E-state index contributed by atoms with van der Waals surface area (Å²) in [7, 11) is 0. The lowest BCUT2D eigenvalue weighted by molar-refractivity contribution is 0.276. The maximum absolute atomic E-state index is 12.7. The smallest absolute Gasteiger partial charge is 0.287 e. The molecule has 0 atom stereocenters. The molecule has 9 heteroatoms. The second-order valence-electron chi connectivity index (χ2n) is 5.40. The van der Waals surface area contributed by atoms with E-state index in [0.29, 0.717) is 27.4 Å². The summed E-state index contributed by atoms with van der Waals surface area (Å²) in [6, 6.07) is 9.09. The summed E-state index contributed by atoms with van der Waals surface area (Å²) in [5.74, 6) is 0.378. The number of benzene rings is 1. The van der Waals surface area contributed by atoms with E-state index in [1.807, 2.05) is 0 Å². The predicted molar refractivity (Wildman–Crippen MR) is 94.0 cm³/mol. The minimum absolute atomic E-state index is 0.0909. The monoisotopic (exact) mass is 398 g/mol. The molecule has 1 aromatic carbocycles. The van der Waals surface area contributed by atoms with E-state index in [-0.39, 0.29) is 24.2 Å². The molecule has 0 saturated heterocycles. The molecule has 0 unspecified atom stereocenters. The van der Waals surface area contributed by atoms with Gasteiger partial charge >= 0.3 is 0 Å². The van der Waals surface area contributed by atoms with Crippen molar-refractivity contribution in [3.05, 3.63) is 51.1 Å². The molecule has 0 saturated carbocycles.